The Hall–Kier alpha value is -2.33. The third-order valence-electron chi connectivity index (χ3n) is 3.45. The summed E-state index contributed by atoms with van der Waals surface area (Å²) >= 11 is 0. The molecule has 0 fully saturated rings. The summed E-state index contributed by atoms with van der Waals surface area (Å²) in [7, 11) is 0. The highest BCUT2D eigenvalue weighted by atomic mass is 16.6. The van der Waals surface area contributed by atoms with Gasteiger partial charge in [0, 0.05) is 18.3 Å². The largest absolute Gasteiger partial charge is 0.444 e. The van der Waals surface area contributed by atoms with Crippen molar-refractivity contribution in [3.8, 4) is 0 Å². The lowest BCUT2D eigenvalue weighted by atomic mass is 10.1. The normalized spacial score (nSPS) is 11.8. The van der Waals surface area contributed by atoms with Crippen LogP contribution >= 0.6 is 0 Å². The second-order valence-electron chi connectivity index (χ2n) is 5.17. The second-order valence-corrected chi connectivity index (χ2v) is 5.17. The van der Waals surface area contributed by atoms with Crippen LogP contribution in [0, 0.1) is 0 Å². The molecule has 4 heteroatoms. The Labute approximate surface area is 131 Å². The molecule has 0 aliphatic heterocycles. The van der Waals surface area contributed by atoms with Crippen LogP contribution in [-0.4, -0.2) is 12.6 Å². The summed E-state index contributed by atoms with van der Waals surface area (Å²) in [6.07, 6.45) is -0.354. The van der Waals surface area contributed by atoms with E-state index in [-0.39, 0.29) is 18.7 Å². The molecule has 116 valence electrons. The van der Waals surface area contributed by atoms with E-state index in [1.165, 1.54) is 0 Å². The van der Waals surface area contributed by atoms with Crippen LogP contribution in [-0.2, 0) is 11.3 Å². The lowest BCUT2D eigenvalue weighted by molar-refractivity contribution is 0.147. The molecule has 0 aromatic heterocycles. The average Bonchev–Trinajstić information content (AvgIpc) is 2.55. The number of carbonyl (C=O) groups is 1. The molecule has 0 spiro atoms. The zero-order valence-corrected chi connectivity index (χ0v) is 13.0. The van der Waals surface area contributed by atoms with Crippen molar-refractivity contribution < 1.29 is 9.53 Å². The van der Waals surface area contributed by atoms with Crippen molar-refractivity contribution in [2.75, 3.05) is 11.4 Å². The summed E-state index contributed by atoms with van der Waals surface area (Å²) in [4.78, 5) is 13.9. The van der Waals surface area contributed by atoms with Gasteiger partial charge in [-0.05, 0) is 37.1 Å². The predicted molar refractivity (Wildman–Crippen MR) is 88.7 cm³/mol. The van der Waals surface area contributed by atoms with E-state index in [1.54, 1.807) is 4.90 Å². The fourth-order valence-corrected chi connectivity index (χ4v) is 2.19. The number of amides is 1. The molecular formula is C18H22N2O2. The minimum atomic E-state index is -0.354. The van der Waals surface area contributed by atoms with Gasteiger partial charge in [0.1, 0.15) is 6.61 Å². The Morgan fingerprint density at radius 1 is 1.18 bits per heavy atom. The zero-order chi connectivity index (χ0) is 15.9. The number of carbonyl (C=O) groups excluding carboxylic acids is 1. The smallest absolute Gasteiger partial charge is 0.414 e. The molecule has 2 rings (SSSR count). The molecule has 0 heterocycles. The number of hydrogen-bond acceptors (Lipinski definition) is 3. The first-order valence-electron chi connectivity index (χ1n) is 7.45. The minimum absolute atomic E-state index is 0.0704. The van der Waals surface area contributed by atoms with Gasteiger partial charge in [-0.25, -0.2) is 4.79 Å². The molecule has 4 nitrogen and oxygen atoms in total. The maximum Gasteiger partial charge on any atom is 0.414 e. The lowest BCUT2D eigenvalue weighted by Gasteiger charge is -2.21. The summed E-state index contributed by atoms with van der Waals surface area (Å²) in [6.45, 7) is 4.64. The van der Waals surface area contributed by atoms with Crippen molar-refractivity contribution in [1.82, 2.24) is 0 Å². The summed E-state index contributed by atoms with van der Waals surface area (Å²) in [5.41, 5.74) is 8.66. The van der Waals surface area contributed by atoms with Gasteiger partial charge in [-0.15, -0.1) is 0 Å². The Bertz CT molecular complexity index is 611. The Balaban J connectivity index is 2.07. The fraction of sp³-hybridized carbons (Fsp3) is 0.278. The fourth-order valence-electron chi connectivity index (χ4n) is 2.19. The van der Waals surface area contributed by atoms with E-state index in [9.17, 15) is 4.79 Å². The van der Waals surface area contributed by atoms with Crippen LogP contribution in [0.4, 0.5) is 10.5 Å². The molecule has 0 aliphatic rings. The molecule has 2 N–H and O–H groups in total. The lowest BCUT2D eigenvalue weighted by Crippen LogP contribution is -2.31. The molecular weight excluding hydrogens is 276 g/mol. The first kappa shape index (κ1) is 16.0. The number of anilines is 1. The van der Waals surface area contributed by atoms with Crippen LogP contribution < -0.4 is 10.6 Å². The van der Waals surface area contributed by atoms with E-state index < -0.39 is 0 Å². The number of benzene rings is 2. The number of rotatable bonds is 5. The number of nitrogens with zero attached hydrogens (tertiary/aromatic N) is 1. The van der Waals surface area contributed by atoms with Gasteiger partial charge in [-0.1, -0.05) is 42.5 Å². The molecule has 0 radical (unpaired) electrons. The van der Waals surface area contributed by atoms with Crippen molar-refractivity contribution >= 4 is 11.8 Å². The van der Waals surface area contributed by atoms with E-state index >= 15 is 0 Å². The molecule has 22 heavy (non-hydrogen) atoms. The third-order valence-corrected chi connectivity index (χ3v) is 3.45. The molecule has 1 unspecified atom stereocenters. The highest BCUT2D eigenvalue weighted by Gasteiger charge is 2.16. The molecule has 1 amide bonds. The molecule has 2 aromatic carbocycles. The molecule has 0 saturated carbocycles. The zero-order valence-electron chi connectivity index (χ0n) is 13.0. The van der Waals surface area contributed by atoms with Gasteiger partial charge in [0.05, 0.1) is 0 Å². The van der Waals surface area contributed by atoms with Crippen molar-refractivity contribution in [1.29, 1.82) is 0 Å². The number of hydrogen-bond donors (Lipinski definition) is 1. The highest BCUT2D eigenvalue weighted by Crippen LogP contribution is 2.20. The van der Waals surface area contributed by atoms with Crippen LogP contribution in [0.5, 0.6) is 0 Å². The van der Waals surface area contributed by atoms with Crippen molar-refractivity contribution in [2.24, 2.45) is 5.73 Å². The SMILES string of the molecule is CCN(C(=O)OCc1ccccc1)c1cccc(C(C)N)c1. The summed E-state index contributed by atoms with van der Waals surface area (Å²) in [6, 6.07) is 17.2. The van der Waals surface area contributed by atoms with Gasteiger partial charge in [0.15, 0.2) is 0 Å². The summed E-state index contributed by atoms with van der Waals surface area (Å²) in [5.74, 6) is 0. The van der Waals surface area contributed by atoms with Gasteiger partial charge in [0.25, 0.3) is 0 Å². The molecule has 0 aliphatic carbocycles. The quantitative estimate of drug-likeness (QED) is 0.911. The van der Waals surface area contributed by atoms with Gasteiger partial charge >= 0.3 is 6.09 Å². The van der Waals surface area contributed by atoms with Gasteiger partial charge in [-0.3, -0.25) is 4.90 Å². The van der Waals surface area contributed by atoms with Crippen molar-refractivity contribution in [2.45, 2.75) is 26.5 Å². The maximum atomic E-state index is 12.3. The second kappa shape index (κ2) is 7.61. The van der Waals surface area contributed by atoms with Crippen LogP contribution in [0.2, 0.25) is 0 Å². The van der Waals surface area contributed by atoms with Crippen molar-refractivity contribution in [3.63, 3.8) is 0 Å². The van der Waals surface area contributed by atoms with Crippen LogP contribution in [0.15, 0.2) is 54.6 Å². The molecule has 2 aromatic rings. The van der Waals surface area contributed by atoms with E-state index in [1.807, 2.05) is 68.4 Å². The van der Waals surface area contributed by atoms with E-state index in [0.29, 0.717) is 6.54 Å². The van der Waals surface area contributed by atoms with E-state index in [0.717, 1.165) is 16.8 Å². The summed E-state index contributed by atoms with van der Waals surface area (Å²) < 4.78 is 5.39. The first-order valence-corrected chi connectivity index (χ1v) is 7.45. The van der Waals surface area contributed by atoms with Crippen LogP contribution in [0.1, 0.15) is 31.0 Å². The Morgan fingerprint density at radius 3 is 2.55 bits per heavy atom. The average molecular weight is 298 g/mol. The minimum Gasteiger partial charge on any atom is -0.444 e. The monoisotopic (exact) mass is 298 g/mol. The maximum absolute atomic E-state index is 12.3. The predicted octanol–water partition coefficient (Wildman–Crippen LogP) is 3.87. The Morgan fingerprint density at radius 2 is 1.91 bits per heavy atom. The third kappa shape index (κ3) is 4.09. The Kier molecular flexibility index (Phi) is 5.55. The van der Waals surface area contributed by atoms with Crippen molar-refractivity contribution in [3.05, 3.63) is 65.7 Å². The van der Waals surface area contributed by atoms with Crippen LogP contribution in [0.3, 0.4) is 0 Å². The molecule has 0 bridgehead atoms. The number of ether oxygens (including phenoxy) is 1. The van der Waals surface area contributed by atoms with Gasteiger partial charge in [0.2, 0.25) is 0 Å². The first-order chi connectivity index (χ1) is 10.6. The van der Waals surface area contributed by atoms with Gasteiger partial charge < -0.3 is 10.5 Å². The molecule has 1 atom stereocenters. The van der Waals surface area contributed by atoms with Crippen LogP contribution in [0.25, 0.3) is 0 Å². The highest BCUT2D eigenvalue weighted by molar-refractivity contribution is 5.87. The standard InChI is InChI=1S/C18H22N2O2/c1-3-20(17-11-7-10-16(12-17)14(2)19)18(21)22-13-15-8-5-4-6-9-15/h4-12,14H,3,13,19H2,1-2H3. The van der Waals surface area contributed by atoms with Gasteiger partial charge in [-0.2, -0.15) is 0 Å². The summed E-state index contributed by atoms with van der Waals surface area (Å²) in [5, 5.41) is 0. The number of nitrogens with two attached hydrogens (primary N) is 1. The van der Waals surface area contributed by atoms with E-state index in [2.05, 4.69) is 0 Å². The van der Waals surface area contributed by atoms with E-state index in [4.69, 9.17) is 10.5 Å². The topological polar surface area (TPSA) is 55.6 Å². The molecule has 0 saturated heterocycles.